The summed E-state index contributed by atoms with van der Waals surface area (Å²) in [5.74, 6) is 0.174. The molecule has 1 saturated heterocycles. The standard InChI is InChI=1S/C14H15N3O/c18-14(10-5-7-15-9-10)17-13-6-8-16-12-4-2-1-3-11(12)13/h1-4,6,8,10,15H,5,7,9H2,(H,16,17,18)/t10-/m1/s1. The van der Waals surface area contributed by atoms with Crippen LogP contribution in [0.2, 0.25) is 0 Å². The predicted octanol–water partition coefficient (Wildman–Crippen LogP) is 1.78. The number of nitrogens with zero attached hydrogens (tertiary/aromatic N) is 1. The molecule has 1 amide bonds. The van der Waals surface area contributed by atoms with Crippen LogP contribution in [0.5, 0.6) is 0 Å². The van der Waals surface area contributed by atoms with Gasteiger partial charge >= 0.3 is 0 Å². The maximum atomic E-state index is 12.1. The van der Waals surface area contributed by atoms with E-state index in [1.165, 1.54) is 0 Å². The van der Waals surface area contributed by atoms with Gasteiger partial charge in [0.15, 0.2) is 0 Å². The smallest absolute Gasteiger partial charge is 0.228 e. The molecule has 1 aliphatic rings. The first-order valence-electron chi connectivity index (χ1n) is 6.20. The van der Waals surface area contributed by atoms with E-state index in [1.54, 1.807) is 6.20 Å². The Hall–Kier alpha value is -1.94. The molecule has 4 heteroatoms. The molecule has 2 heterocycles. The van der Waals surface area contributed by atoms with Crippen LogP contribution in [0.25, 0.3) is 10.9 Å². The highest BCUT2D eigenvalue weighted by Crippen LogP contribution is 2.22. The first kappa shape index (κ1) is 11.2. The monoisotopic (exact) mass is 241 g/mol. The normalized spacial score (nSPS) is 19.0. The van der Waals surface area contributed by atoms with Gasteiger partial charge in [-0.3, -0.25) is 9.78 Å². The van der Waals surface area contributed by atoms with Gasteiger partial charge in [0.2, 0.25) is 5.91 Å². The second-order valence-electron chi connectivity index (χ2n) is 4.55. The topological polar surface area (TPSA) is 54.0 Å². The number of pyridine rings is 1. The van der Waals surface area contributed by atoms with Gasteiger partial charge in [0.05, 0.1) is 17.1 Å². The number of rotatable bonds is 2. The lowest BCUT2D eigenvalue weighted by Gasteiger charge is -2.11. The van der Waals surface area contributed by atoms with Crippen LogP contribution in [-0.2, 0) is 4.79 Å². The maximum Gasteiger partial charge on any atom is 0.228 e. The molecule has 0 spiro atoms. The minimum absolute atomic E-state index is 0.0805. The van der Waals surface area contributed by atoms with Crippen LogP contribution in [0, 0.1) is 5.92 Å². The van der Waals surface area contributed by atoms with Crippen molar-refractivity contribution in [3.05, 3.63) is 36.5 Å². The van der Waals surface area contributed by atoms with Gasteiger partial charge in [0.1, 0.15) is 0 Å². The van der Waals surface area contributed by atoms with E-state index in [4.69, 9.17) is 0 Å². The minimum atomic E-state index is 0.0805. The van der Waals surface area contributed by atoms with Crippen LogP contribution in [0.1, 0.15) is 6.42 Å². The van der Waals surface area contributed by atoms with Crippen LogP contribution in [-0.4, -0.2) is 24.0 Å². The SMILES string of the molecule is O=C(Nc1ccnc2ccccc12)[C@@H]1CCNC1. The van der Waals surface area contributed by atoms with E-state index in [0.717, 1.165) is 36.1 Å². The fourth-order valence-corrected chi connectivity index (χ4v) is 2.32. The van der Waals surface area contributed by atoms with Crippen molar-refractivity contribution in [3.63, 3.8) is 0 Å². The number of amides is 1. The Morgan fingerprint density at radius 3 is 3.06 bits per heavy atom. The number of para-hydroxylation sites is 1. The fraction of sp³-hybridized carbons (Fsp3) is 0.286. The zero-order valence-electron chi connectivity index (χ0n) is 10.0. The highest BCUT2D eigenvalue weighted by atomic mass is 16.1. The molecule has 3 rings (SSSR count). The molecule has 1 fully saturated rings. The summed E-state index contributed by atoms with van der Waals surface area (Å²) in [7, 11) is 0. The highest BCUT2D eigenvalue weighted by Gasteiger charge is 2.22. The zero-order valence-corrected chi connectivity index (χ0v) is 10.0. The molecule has 92 valence electrons. The van der Waals surface area contributed by atoms with Crippen molar-refractivity contribution in [3.8, 4) is 0 Å². The van der Waals surface area contributed by atoms with E-state index in [0.29, 0.717) is 0 Å². The van der Waals surface area contributed by atoms with Crippen molar-refractivity contribution in [2.24, 2.45) is 5.92 Å². The van der Waals surface area contributed by atoms with Gasteiger partial charge in [0, 0.05) is 18.1 Å². The van der Waals surface area contributed by atoms with Gasteiger partial charge in [-0.15, -0.1) is 0 Å². The van der Waals surface area contributed by atoms with E-state index in [9.17, 15) is 4.79 Å². The fourth-order valence-electron chi connectivity index (χ4n) is 2.32. The summed E-state index contributed by atoms with van der Waals surface area (Å²) in [4.78, 5) is 16.4. The minimum Gasteiger partial charge on any atom is -0.325 e. The average Bonchev–Trinajstić information content (AvgIpc) is 2.93. The van der Waals surface area contributed by atoms with E-state index in [-0.39, 0.29) is 11.8 Å². The summed E-state index contributed by atoms with van der Waals surface area (Å²) >= 11 is 0. The second kappa shape index (κ2) is 4.74. The van der Waals surface area contributed by atoms with Crippen LogP contribution in [0.15, 0.2) is 36.5 Å². The Morgan fingerprint density at radius 2 is 2.22 bits per heavy atom. The molecular formula is C14H15N3O. The van der Waals surface area contributed by atoms with Crippen LogP contribution >= 0.6 is 0 Å². The van der Waals surface area contributed by atoms with E-state index in [1.807, 2.05) is 30.3 Å². The maximum absolute atomic E-state index is 12.1. The third kappa shape index (κ3) is 2.07. The van der Waals surface area contributed by atoms with Crippen LogP contribution < -0.4 is 10.6 Å². The lowest BCUT2D eigenvalue weighted by atomic mass is 10.1. The molecule has 1 aromatic heterocycles. The lowest BCUT2D eigenvalue weighted by molar-refractivity contribution is -0.119. The third-order valence-electron chi connectivity index (χ3n) is 3.34. The average molecular weight is 241 g/mol. The zero-order chi connectivity index (χ0) is 12.4. The van der Waals surface area contributed by atoms with Crippen LogP contribution in [0.3, 0.4) is 0 Å². The first-order valence-corrected chi connectivity index (χ1v) is 6.20. The Bertz CT molecular complexity index is 571. The molecule has 1 atom stereocenters. The molecule has 18 heavy (non-hydrogen) atoms. The van der Waals surface area contributed by atoms with E-state index in [2.05, 4.69) is 15.6 Å². The molecule has 2 aromatic rings. The Kier molecular flexibility index (Phi) is 2.94. The molecule has 0 saturated carbocycles. The van der Waals surface area contributed by atoms with Crippen molar-refractivity contribution < 1.29 is 4.79 Å². The van der Waals surface area contributed by atoms with Gasteiger partial charge in [-0.1, -0.05) is 18.2 Å². The molecule has 0 aliphatic carbocycles. The number of hydrogen-bond donors (Lipinski definition) is 2. The van der Waals surface area contributed by atoms with Gasteiger partial charge in [-0.05, 0) is 25.1 Å². The molecule has 0 radical (unpaired) electrons. The number of fused-ring (bicyclic) bond motifs is 1. The molecule has 2 N–H and O–H groups in total. The number of carbonyl (C=O) groups is 1. The van der Waals surface area contributed by atoms with Crippen molar-refractivity contribution in [2.75, 3.05) is 18.4 Å². The summed E-state index contributed by atoms with van der Waals surface area (Å²) in [6.45, 7) is 1.70. The second-order valence-corrected chi connectivity index (χ2v) is 4.55. The van der Waals surface area contributed by atoms with Crippen molar-refractivity contribution in [2.45, 2.75) is 6.42 Å². The summed E-state index contributed by atoms with van der Waals surface area (Å²) in [5.41, 5.74) is 1.75. The lowest BCUT2D eigenvalue weighted by Crippen LogP contribution is -2.24. The number of benzene rings is 1. The number of nitrogens with one attached hydrogen (secondary N) is 2. The van der Waals surface area contributed by atoms with Gasteiger partial charge < -0.3 is 10.6 Å². The molecule has 1 aliphatic heterocycles. The Morgan fingerprint density at radius 1 is 1.33 bits per heavy atom. The summed E-state index contributed by atoms with van der Waals surface area (Å²) in [6.07, 6.45) is 2.64. The Labute approximate surface area is 105 Å². The van der Waals surface area contributed by atoms with Gasteiger partial charge in [0.25, 0.3) is 0 Å². The van der Waals surface area contributed by atoms with Crippen molar-refractivity contribution in [1.82, 2.24) is 10.3 Å². The number of hydrogen-bond acceptors (Lipinski definition) is 3. The quantitative estimate of drug-likeness (QED) is 0.842. The number of carbonyl (C=O) groups excluding carboxylic acids is 1. The number of aromatic nitrogens is 1. The molecule has 0 unspecified atom stereocenters. The predicted molar refractivity (Wildman–Crippen MR) is 71.3 cm³/mol. The Balaban J connectivity index is 1.88. The van der Waals surface area contributed by atoms with Crippen molar-refractivity contribution in [1.29, 1.82) is 0 Å². The number of anilines is 1. The largest absolute Gasteiger partial charge is 0.325 e. The molecule has 0 bridgehead atoms. The highest BCUT2D eigenvalue weighted by molar-refractivity contribution is 6.01. The van der Waals surface area contributed by atoms with Crippen LogP contribution in [0.4, 0.5) is 5.69 Å². The molecular weight excluding hydrogens is 226 g/mol. The molecule has 1 aromatic carbocycles. The van der Waals surface area contributed by atoms with Gasteiger partial charge in [-0.2, -0.15) is 0 Å². The van der Waals surface area contributed by atoms with Gasteiger partial charge in [-0.25, -0.2) is 0 Å². The first-order chi connectivity index (χ1) is 8.84. The van der Waals surface area contributed by atoms with E-state index >= 15 is 0 Å². The van der Waals surface area contributed by atoms with E-state index < -0.39 is 0 Å². The molecule has 4 nitrogen and oxygen atoms in total. The third-order valence-corrected chi connectivity index (χ3v) is 3.34. The summed E-state index contributed by atoms with van der Waals surface area (Å²) in [6, 6.07) is 9.67. The summed E-state index contributed by atoms with van der Waals surface area (Å²) < 4.78 is 0. The summed E-state index contributed by atoms with van der Waals surface area (Å²) in [5, 5.41) is 7.20. The van der Waals surface area contributed by atoms with Crippen molar-refractivity contribution >= 4 is 22.5 Å².